The molecule has 6 heteroatoms. The third-order valence-electron chi connectivity index (χ3n) is 1.21. The van der Waals surface area contributed by atoms with E-state index in [9.17, 15) is 13.6 Å². The van der Waals surface area contributed by atoms with Crippen LogP contribution in [0.1, 0.15) is 12.0 Å². The highest BCUT2D eigenvalue weighted by Crippen LogP contribution is 2.24. The third-order valence-corrected chi connectivity index (χ3v) is 2.44. The SMILES string of the molecule is O=c1[nH]c(I)cc(Br)c1C(F)F. The number of aromatic amines is 1. The molecule has 0 bridgehead atoms. The minimum Gasteiger partial charge on any atom is -0.317 e. The first-order valence-corrected chi connectivity index (χ1v) is 4.76. The van der Waals surface area contributed by atoms with Crippen LogP contribution in [0.4, 0.5) is 8.78 Å². The van der Waals surface area contributed by atoms with Gasteiger partial charge in [0.2, 0.25) is 0 Å². The summed E-state index contributed by atoms with van der Waals surface area (Å²) in [7, 11) is 0. The Kier molecular flexibility index (Phi) is 3.22. The molecule has 0 saturated heterocycles. The van der Waals surface area contributed by atoms with Gasteiger partial charge in [0.05, 0.1) is 9.26 Å². The predicted molar refractivity (Wildman–Crippen MR) is 52.4 cm³/mol. The lowest BCUT2D eigenvalue weighted by atomic mass is 10.3. The molecule has 0 saturated carbocycles. The van der Waals surface area contributed by atoms with Crippen molar-refractivity contribution in [3.63, 3.8) is 0 Å². The molecule has 0 aliphatic carbocycles. The molecule has 1 aromatic heterocycles. The van der Waals surface area contributed by atoms with Crippen molar-refractivity contribution in [1.29, 1.82) is 0 Å². The van der Waals surface area contributed by atoms with Crippen LogP contribution < -0.4 is 5.56 Å². The zero-order chi connectivity index (χ0) is 9.30. The smallest absolute Gasteiger partial charge is 0.270 e. The molecular formula is C6H3BrF2INO. The van der Waals surface area contributed by atoms with Crippen molar-refractivity contribution in [1.82, 2.24) is 4.98 Å². The lowest BCUT2D eigenvalue weighted by Gasteiger charge is -2.01. The van der Waals surface area contributed by atoms with E-state index in [4.69, 9.17) is 0 Å². The Morgan fingerprint density at radius 3 is 2.58 bits per heavy atom. The first-order chi connectivity index (χ1) is 5.52. The molecule has 0 aliphatic rings. The number of hydrogen-bond acceptors (Lipinski definition) is 1. The molecule has 1 rings (SSSR count). The van der Waals surface area contributed by atoms with Crippen LogP contribution in [0, 0.1) is 3.70 Å². The number of alkyl halides is 2. The highest BCUT2D eigenvalue weighted by Gasteiger charge is 2.16. The van der Waals surface area contributed by atoms with Crippen molar-refractivity contribution < 1.29 is 8.78 Å². The molecule has 12 heavy (non-hydrogen) atoms. The Hall–Kier alpha value is 0.0200. The number of rotatable bonds is 1. The van der Waals surface area contributed by atoms with Gasteiger partial charge >= 0.3 is 0 Å². The molecular weight excluding hydrogens is 347 g/mol. The van der Waals surface area contributed by atoms with Crippen LogP contribution in [-0.4, -0.2) is 4.98 Å². The van der Waals surface area contributed by atoms with E-state index in [0.717, 1.165) is 0 Å². The molecule has 0 aliphatic heterocycles. The zero-order valence-electron chi connectivity index (χ0n) is 5.57. The molecule has 66 valence electrons. The second-order valence-corrected chi connectivity index (χ2v) is 4.03. The number of halogens is 4. The summed E-state index contributed by atoms with van der Waals surface area (Å²) in [5.41, 5.74) is -1.26. The fourth-order valence-corrected chi connectivity index (χ4v) is 2.28. The van der Waals surface area contributed by atoms with Crippen LogP contribution in [0.15, 0.2) is 15.3 Å². The molecule has 1 N–H and O–H groups in total. The van der Waals surface area contributed by atoms with E-state index in [2.05, 4.69) is 20.9 Å². The van der Waals surface area contributed by atoms with Crippen molar-refractivity contribution in [3.8, 4) is 0 Å². The Labute approximate surface area is 88.6 Å². The Balaban J connectivity index is 3.39. The summed E-state index contributed by atoms with van der Waals surface area (Å²) in [4.78, 5) is 13.2. The van der Waals surface area contributed by atoms with Gasteiger partial charge in [-0.05, 0) is 28.7 Å². The zero-order valence-corrected chi connectivity index (χ0v) is 9.32. The highest BCUT2D eigenvalue weighted by molar-refractivity contribution is 14.1. The average molecular weight is 350 g/mol. The van der Waals surface area contributed by atoms with Crippen LogP contribution in [0.2, 0.25) is 0 Å². The van der Waals surface area contributed by atoms with E-state index < -0.39 is 17.5 Å². The standard InChI is InChI=1S/C6H3BrF2INO/c7-2-1-3(10)11-6(12)4(2)5(8)9/h1,5H,(H,11,12). The fraction of sp³-hybridized carbons (Fsp3) is 0.167. The minimum absolute atomic E-state index is 0.144. The quantitative estimate of drug-likeness (QED) is 0.613. The summed E-state index contributed by atoms with van der Waals surface area (Å²) in [6.45, 7) is 0. The number of hydrogen-bond donors (Lipinski definition) is 1. The summed E-state index contributed by atoms with van der Waals surface area (Å²) in [6, 6.07) is 1.43. The number of pyridine rings is 1. The van der Waals surface area contributed by atoms with Crippen LogP contribution in [0.25, 0.3) is 0 Å². The third kappa shape index (κ3) is 2.03. The monoisotopic (exact) mass is 349 g/mol. The Morgan fingerprint density at radius 2 is 2.17 bits per heavy atom. The largest absolute Gasteiger partial charge is 0.317 e. The van der Waals surface area contributed by atoms with E-state index in [0.29, 0.717) is 3.70 Å². The van der Waals surface area contributed by atoms with Crippen LogP contribution >= 0.6 is 38.5 Å². The van der Waals surface area contributed by atoms with E-state index in [-0.39, 0.29) is 4.47 Å². The van der Waals surface area contributed by atoms with Gasteiger partial charge in [-0.2, -0.15) is 0 Å². The van der Waals surface area contributed by atoms with Gasteiger partial charge in [-0.15, -0.1) is 0 Å². The van der Waals surface area contributed by atoms with Crippen molar-refractivity contribution in [2.24, 2.45) is 0 Å². The average Bonchev–Trinajstić information content (AvgIpc) is 1.82. The van der Waals surface area contributed by atoms with Crippen molar-refractivity contribution >= 4 is 38.5 Å². The topological polar surface area (TPSA) is 32.9 Å². The van der Waals surface area contributed by atoms with Crippen molar-refractivity contribution in [2.45, 2.75) is 6.43 Å². The molecule has 0 radical (unpaired) electrons. The van der Waals surface area contributed by atoms with Crippen molar-refractivity contribution in [3.05, 3.63) is 30.2 Å². The molecule has 0 spiro atoms. The van der Waals surface area contributed by atoms with Gasteiger partial charge in [0.15, 0.2) is 0 Å². The maximum absolute atomic E-state index is 12.2. The summed E-state index contributed by atoms with van der Waals surface area (Å²) in [5.74, 6) is 0. The van der Waals surface area contributed by atoms with Gasteiger partial charge in [0.1, 0.15) is 0 Å². The van der Waals surface area contributed by atoms with E-state index in [1.54, 1.807) is 0 Å². The van der Waals surface area contributed by atoms with Gasteiger partial charge in [-0.1, -0.05) is 15.9 Å². The summed E-state index contributed by atoms with van der Waals surface area (Å²) < 4.78 is 25.0. The predicted octanol–water partition coefficient (Wildman–Crippen LogP) is 2.68. The lowest BCUT2D eigenvalue weighted by molar-refractivity contribution is 0.148. The Morgan fingerprint density at radius 1 is 1.58 bits per heavy atom. The molecule has 0 atom stereocenters. The molecule has 0 fully saturated rings. The molecule has 0 aromatic carbocycles. The number of aromatic nitrogens is 1. The van der Waals surface area contributed by atoms with Crippen LogP contribution in [0.5, 0.6) is 0 Å². The molecule has 0 amide bonds. The highest BCUT2D eigenvalue weighted by atomic mass is 127. The van der Waals surface area contributed by atoms with Crippen molar-refractivity contribution in [2.75, 3.05) is 0 Å². The maximum atomic E-state index is 12.2. The maximum Gasteiger partial charge on any atom is 0.270 e. The normalized spacial score (nSPS) is 10.8. The molecule has 1 heterocycles. The van der Waals surface area contributed by atoms with Gasteiger partial charge < -0.3 is 4.98 Å². The second kappa shape index (κ2) is 3.82. The minimum atomic E-state index is -2.75. The molecule has 2 nitrogen and oxygen atoms in total. The molecule has 1 aromatic rings. The van der Waals surface area contributed by atoms with Gasteiger partial charge in [-0.25, -0.2) is 8.78 Å². The summed E-state index contributed by atoms with van der Waals surface area (Å²) in [5, 5.41) is 0. The van der Waals surface area contributed by atoms with Gasteiger partial charge in [0.25, 0.3) is 12.0 Å². The Bertz CT molecular complexity index is 352. The first-order valence-electron chi connectivity index (χ1n) is 2.88. The second-order valence-electron chi connectivity index (χ2n) is 2.01. The van der Waals surface area contributed by atoms with E-state index in [1.165, 1.54) is 6.07 Å². The summed E-state index contributed by atoms with van der Waals surface area (Å²) >= 11 is 4.73. The van der Waals surface area contributed by atoms with Crippen LogP contribution in [0.3, 0.4) is 0 Å². The van der Waals surface area contributed by atoms with Crippen LogP contribution in [-0.2, 0) is 0 Å². The fourth-order valence-electron chi connectivity index (χ4n) is 0.713. The lowest BCUT2D eigenvalue weighted by Crippen LogP contribution is -2.14. The van der Waals surface area contributed by atoms with E-state index in [1.807, 2.05) is 22.6 Å². The number of H-pyrrole nitrogens is 1. The first kappa shape index (κ1) is 10.1. The number of nitrogens with one attached hydrogen (secondary N) is 1. The van der Waals surface area contributed by atoms with Gasteiger partial charge in [0, 0.05) is 4.47 Å². The van der Waals surface area contributed by atoms with E-state index >= 15 is 0 Å². The molecule has 0 unspecified atom stereocenters. The summed E-state index contributed by atoms with van der Waals surface area (Å²) in [6.07, 6.45) is -2.75. The van der Waals surface area contributed by atoms with Gasteiger partial charge in [-0.3, -0.25) is 4.79 Å².